The molecule has 0 radical (unpaired) electrons. The molecule has 2 unspecified atom stereocenters. The summed E-state index contributed by atoms with van der Waals surface area (Å²) in [5, 5.41) is 19.8. The molecule has 2 aromatic carbocycles. The number of phenols is 1. The summed E-state index contributed by atoms with van der Waals surface area (Å²) in [6.45, 7) is 1.23. The highest BCUT2D eigenvalue weighted by molar-refractivity contribution is 7.99. The average Bonchev–Trinajstić information content (AvgIpc) is 2.70. The molecule has 2 atom stereocenters. The summed E-state index contributed by atoms with van der Waals surface area (Å²) in [4.78, 5) is 17.6. The number of hydrogen-bond donors (Lipinski definition) is 2. The van der Waals surface area contributed by atoms with E-state index in [1.165, 1.54) is 11.8 Å². The van der Waals surface area contributed by atoms with Crippen LogP contribution in [0.15, 0.2) is 53.4 Å². The first-order chi connectivity index (χ1) is 12.0. The number of nitrogens with zero attached hydrogens (tertiary/aromatic N) is 2. The maximum absolute atomic E-state index is 13.0. The van der Waals surface area contributed by atoms with E-state index in [2.05, 4.69) is 0 Å². The fourth-order valence-electron chi connectivity index (χ4n) is 2.83. The van der Waals surface area contributed by atoms with Crippen molar-refractivity contribution >= 4 is 23.4 Å². The lowest BCUT2D eigenvalue weighted by molar-refractivity contribution is -0.126. The molecule has 1 amide bonds. The molecule has 3 rings (SSSR count). The van der Waals surface area contributed by atoms with Gasteiger partial charge < -0.3 is 20.0 Å². The Morgan fingerprint density at radius 1 is 1.12 bits per heavy atom. The predicted octanol–water partition coefficient (Wildman–Crippen LogP) is 2.49. The standard InChI is InChI=1S/C19H22N2O3S/c1-20(2)11-12-21-15-5-3-4-6-16(15)25-18(17(23)19(21)24)13-7-9-14(22)10-8-13/h3-10,17-18,22-23H,11-12H2,1-2H3. The van der Waals surface area contributed by atoms with Crippen LogP contribution in [-0.2, 0) is 4.79 Å². The number of benzene rings is 2. The highest BCUT2D eigenvalue weighted by Crippen LogP contribution is 2.45. The van der Waals surface area contributed by atoms with E-state index in [9.17, 15) is 15.0 Å². The molecule has 1 heterocycles. The molecule has 6 heteroatoms. The van der Waals surface area contributed by atoms with Crippen LogP contribution in [0.5, 0.6) is 5.75 Å². The summed E-state index contributed by atoms with van der Waals surface area (Å²) in [5.41, 5.74) is 1.65. The summed E-state index contributed by atoms with van der Waals surface area (Å²) >= 11 is 1.48. The van der Waals surface area contributed by atoms with Gasteiger partial charge in [0.15, 0.2) is 0 Å². The van der Waals surface area contributed by atoms with E-state index in [1.54, 1.807) is 29.2 Å². The lowest BCUT2D eigenvalue weighted by atomic mass is 10.1. The Balaban J connectivity index is 1.99. The summed E-state index contributed by atoms with van der Waals surface area (Å²) < 4.78 is 0. The molecule has 1 aliphatic heterocycles. The summed E-state index contributed by atoms with van der Waals surface area (Å²) in [7, 11) is 3.91. The number of thioether (sulfide) groups is 1. The molecule has 0 aromatic heterocycles. The summed E-state index contributed by atoms with van der Waals surface area (Å²) in [6, 6.07) is 14.4. The van der Waals surface area contributed by atoms with Gasteiger partial charge in [-0.25, -0.2) is 0 Å². The first-order valence-corrected chi connectivity index (χ1v) is 9.04. The number of carbonyl (C=O) groups excluding carboxylic acids is 1. The van der Waals surface area contributed by atoms with Crippen LogP contribution in [0.4, 0.5) is 5.69 Å². The number of fused-ring (bicyclic) bond motifs is 1. The van der Waals surface area contributed by atoms with Crippen LogP contribution in [-0.4, -0.2) is 54.3 Å². The zero-order valence-electron chi connectivity index (χ0n) is 14.3. The monoisotopic (exact) mass is 358 g/mol. The van der Waals surface area contributed by atoms with E-state index >= 15 is 0 Å². The Labute approximate surface area is 151 Å². The van der Waals surface area contributed by atoms with Crippen molar-refractivity contribution < 1.29 is 15.0 Å². The van der Waals surface area contributed by atoms with Crippen LogP contribution in [0, 0.1) is 0 Å². The minimum atomic E-state index is -1.15. The van der Waals surface area contributed by atoms with Crippen molar-refractivity contribution in [3.8, 4) is 5.75 Å². The second kappa shape index (κ2) is 7.47. The van der Waals surface area contributed by atoms with Gasteiger partial charge in [0.05, 0.1) is 10.9 Å². The first kappa shape index (κ1) is 17.8. The lowest BCUT2D eigenvalue weighted by Crippen LogP contribution is -2.43. The molecule has 2 aromatic rings. The van der Waals surface area contributed by atoms with Crippen molar-refractivity contribution in [2.24, 2.45) is 0 Å². The largest absolute Gasteiger partial charge is 0.508 e. The number of aliphatic hydroxyl groups excluding tert-OH is 1. The van der Waals surface area contributed by atoms with Crippen molar-refractivity contribution in [2.45, 2.75) is 16.2 Å². The molecular formula is C19H22N2O3S. The Morgan fingerprint density at radius 2 is 1.80 bits per heavy atom. The topological polar surface area (TPSA) is 64.0 Å². The molecule has 0 saturated carbocycles. The van der Waals surface area contributed by atoms with Gasteiger partial charge in [0, 0.05) is 18.0 Å². The van der Waals surface area contributed by atoms with Crippen molar-refractivity contribution in [3.05, 3.63) is 54.1 Å². The second-order valence-electron chi connectivity index (χ2n) is 6.34. The third-order valence-electron chi connectivity index (χ3n) is 4.21. The van der Waals surface area contributed by atoms with E-state index < -0.39 is 11.4 Å². The molecule has 0 spiro atoms. The Morgan fingerprint density at radius 3 is 2.48 bits per heavy atom. The maximum atomic E-state index is 13.0. The minimum Gasteiger partial charge on any atom is -0.508 e. The number of amides is 1. The van der Waals surface area contributed by atoms with Gasteiger partial charge in [-0.1, -0.05) is 24.3 Å². The molecule has 1 aliphatic rings. The van der Waals surface area contributed by atoms with Gasteiger partial charge >= 0.3 is 0 Å². The van der Waals surface area contributed by atoms with Crippen LogP contribution in [0.3, 0.4) is 0 Å². The van der Waals surface area contributed by atoms with Crippen molar-refractivity contribution in [2.75, 3.05) is 32.1 Å². The zero-order chi connectivity index (χ0) is 18.0. The first-order valence-electron chi connectivity index (χ1n) is 8.16. The molecule has 25 heavy (non-hydrogen) atoms. The number of phenolic OH excluding ortho intramolecular Hbond substituents is 1. The highest BCUT2D eigenvalue weighted by Gasteiger charge is 2.37. The summed E-state index contributed by atoms with van der Waals surface area (Å²) in [5.74, 6) is -0.131. The number of anilines is 1. The van der Waals surface area contributed by atoms with Gasteiger partial charge in [-0.3, -0.25) is 4.79 Å². The van der Waals surface area contributed by atoms with Gasteiger partial charge in [0.2, 0.25) is 0 Å². The van der Waals surface area contributed by atoms with Crippen molar-refractivity contribution in [1.82, 2.24) is 4.90 Å². The van der Waals surface area contributed by atoms with Crippen LogP contribution in [0.2, 0.25) is 0 Å². The molecule has 0 fully saturated rings. The molecule has 5 nitrogen and oxygen atoms in total. The number of aromatic hydroxyl groups is 1. The fraction of sp³-hybridized carbons (Fsp3) is 0.316. The Bertz CT molecular complexity index is 749. The predicted molar refractivity (Wildman–Crippen MR) is 100 cm³/mol. The molecule has 2 N–H and O–H groups in total. The van der Waals surface area contributed by atoms with Gasteiger partial charge in [-0.2, -0.15) is 0 Å². The number of carbonyl (C=O) groups is 1. The Kier molecular flexibility index (Phi) is 5.32. The highest BCUT2D eigenvalue weighted by atomic mass is 32.2. The van der Waals surface area contributed by atoms with E-state index in [0.717, 1.165) is 16.1 Å². The van der Waals surface area contributed by atoms with E-state index in [1.807, 2.05) is 43.3 Å². The second-order valence-corrected chi connectivity index (χ2v) is 7.52. The van der Waals surface area contributed by atoms with Gasteiger partial charge in [-0.05, 0) is 43.9 Å². The third-order valence-corrected chi connectivity index (χ3v) is 5.59. The molecule has 0 saturated heterocycles. The fourth-order valence-corrected chi connectivity index (χ4v) is 4.10. The molecule has 132 valence electrons. The van der Waals surface area contributed by atoms with Gasteiger partial charge in [0.25, 0.3) is 5.91 Å². The minimum absolute atomic E-state index is 0.163. The molecule has 0 bridgehead atoms. The summed E-state index contributed by atoms with van der Waals surface area (Å²) in [6.07, 6.45) is -1.15. The Hall–Kier alpha value is -2.02. The lowest BCUT2D eigenvalue weighted by Gasteiger charge is -2.26. The van der Waals surface area contributed by atoms with Crippen molar-refractivity contribution in [3.63, 3.8) is 0 Å². The number of rotatable bonds is 4. The average molecular weight is 358 g/mol. The van der Waals surface area contributed by atoms with Crippen LogP contribution in [0.1, 0.15) is 10.8 Å². The van der Waals surface area contributed by atoms with Crippen LogP contribution in [0.25, 0.3) is 0 Å². The SMILES string of the molecule is CN(C)CCN1C(=O)C(O)C(c2ccc(O)cc2)Sc2ccccc21. The third kappa shape index (κ3) is 3.81. The number of likely N-dealkylation sites (N-methyl/N-ethyl adjacent to an activating group) is 1. The van der Waals surface area contributed by atoms with Crippen LogP contribution >= 0.6 is 11.8 Å². The smallest absolute Gasteiger partial charge is 0.257 e. The number of para-hydroxylation sites is 1. The van der Waals surface area contributed by atoms with Gasteiger partial charge in [-0.15, -0.1) is 11.8 Å². The van der Waals surface area contributed by atoms with Gasteiger partial charge in [0.1, 0.15) is 11.9 Å². The van der Waals surface area contributed by atoms with E-state index in [4.69, 9.17) is 0 Å². The molecule has 0 aliphatic carbocycles. The van der Waals surface area contributed by atoms with E-state index in [0.29, 0.717) is 13.1 Å². The quantitative estimate of drug-likeness (QED) is 0.879. The zero-order valence-corrected chi connectivity index (χ0v) is 15.1. The maximum Gasteiger partial charge on any atom is 0.257 e. The molecular weight excluding hydrogens is 336 g/mol. The van der Waals surface area contributed by atoms with Crippen LogP contribution < -0.4 is 4.90 Å². The number of aliphatic hydroxyl groups is 1. The normalized spacial score (nSPS) is 20.5. The number of hydrogen-bond acceptors (Lipinski definition) is 5. The van der Waals surface area contributed by atoms with Crippen molar-refractivity contribution in [1.29, 1.82) is 0 Å². The van der Waals surface area contributed by atoms with E-state index in [-0.39, 0.29) is 11.7 Å².